The SMILES string of the molecule is CSc1ncc(Cl)c(C(=O)N2CCCC2CC(=O)O)n1. The first-order chi connectivity index (χ1) is 9.52. The summed E-state index contributed by atoms with van der Waals surface area (Å²) in [6.45, 7) is 0.533. The fourth-order valence-corrected chi connectivity index (χ4v) is 2.76. The summed E-state index contributed by atoms with van der Waals surface area (Å²) in [4.78, 5) is 33.0. The van der Waals surface area contributed by atoms with Crippen LogP contribution in [0, 0.1) is 0 Å². The summed E-state index contributed by atoms with van der Waals surface area (Å²) in [5.74, 6) is -1.23. The molecule has 1 aliphatic rings. The molecule has 6 nitrogen and oxygen atoms in total. The lowest BCUT2D eigenvalue weighted by Gasteiger charge is -2.23. The van der Waals surface area contributed by atoms with Gasteiger partial charge in [-0.3, -0.25) is 9.59 Å². The van der Waals surface area contributed by atoms with Crippen molar-refractivity contribution >= 4 is 35.2 Å². The summed E-state index contributed by atoms with van der Waals surface area (Å²) < 4.78 is 0. The molecule has 108 valence electrons. The number of likely N-dealkylation sites (tertiary alicyclic amines) is 1. The summed E-state index contributed by atoms with van der Waals surface area (Å²) in [5.41, 5.74) is 0.142. The van der Waals surface area contributed by atoms with Gasteiger partial charge < -0.3 is 10.0 Å². The molecule has 1 N–H and O–H groups in total. The molecule has 1 atom stereocenters. The molecule has 1 fully saturated rings. The van der Waals surface area contributed by atoms with E-state index in [1.54, 1.807) is 11.2 Å². The van der Waals surface area contributed by atoms with Gasteiger partial charge in [0.25, 0.3) is 5.91 Å². The third-order valence-electron chi connectivity index (χ3n) is 3.16. The van der Waals surface area contributed by atoms with Crippen molar-refractivity contribution in [3.8, 4) is 0 Å². The molecule has 1 aromatic rings. The number of carboxylic acids is 1. The quantitative estimate of drug-likeness (QED) is 0.675. The van der Waals surface area contributed by atoms with E-state index in [9.17, 15) is 9.59 Å². The number of aromatic nitrogens is 2. The van der Waals surface area contributed by atoms with Gasteiger partial charge in [-0.2, -0.15) is 0 Å². The average molecular weight is 316 g/mol. The van der Waals surface area contributed by atoms with Crippen molar-refractivity contribution in [2.75, 3.05) is 12.8 Å². The zero-order valence-electron chi connectivity index (χ0n) is 10.9. The van der Waals surface area contributed by atoms with Crippen LogP contribution in [0.4, 0.5) is 0 Å². The zero-order valence-corrected chi connectivity index (χ0v) is 12.4. The first kappa shape index (κ1) is 15.1. The van der Waals surface area contributed by atoms with Gasteiger partial charge in [0.05, 0.1) is 17.6 Å². The maximum atomic E-state index is 12.5. The van der Waals surface area contributed by atoms with Gasteiger partial charge in [0.2, 0.25) is 0 Å². The Bertz CT molecular complexity index is 541. The van der Waals surface area contributed by atoms with Crippen LogP contribution in [0.15, 0.2) is 11.4 Å². The Morgan fingerprint density at radius 1 is 1.60 bits per heavy atom. The molecule has 0 bridgehead atoms. The molecule has 0 aliphatic carbocycles. The van der Waals surface area contributed by atoms with Crippen LogP contribution < -0.4 is 0 Å². The largest absolute Gasteiger partial charge is 0.481 e. The van der Waals surface area contributed by atoms with Crippen LogP contribution in [0.1, 0.15) is 29.8 Å². The molecule has 2 heterocycles. The monoisotopic (exact) mass is 315 g/mol. The van der Waals surface area contributed by atoms with E-state index in [1.807, 2.05) is 0 Å². The van der Waals surface area contributed by atoms with E-state index in [0.717, 1.165) is 6.42 Å². The van der Waals surface area contributed by atoms with E-state index < -0.39 is 5.97 Å². The Balaban J connectivity index is 2.24. The molecule has 0 aromatic carbocycles. The summed E-state index contributed by atoms with van der Waals surface area (Å²) in [7, 11) is 0. The van der Waals surface area contributed by atoms with Crippen molar-refractivity contribution in [3.05, 3.63) is 16.9 Å². The Morgan fingerprint density at radius 2 is 2.35 bits per heavy atom. The van der Waals surface area contributed by atoms with E-state index in [0.29, 0.717) is 18.1 Å². The lowest BCUT2D eigenvalue weighted by molar-refractivity contribution is -0.137. The van der Waals surface area contributed by atoms with E-state index >= 15 is 0 Å². The smallest absolute Gasteiger partial charge is 0.305 e. The molecule has 1 aliphatic heterocycles. The van der Waals surface area contributed by atoms with Gasteiger partial charge >= 0.3 is 5.97 Å². The normalized spacial score (nSPS) is 18.3. The number of rotatable bonds is 4. The predicted molar refractivity (Wildman–Crippen MR) is 75.1 cm³/mol. The van der Waals surface area contributed by atoms with Crippen molar-refractivity contribution in [2.24, 2.45) is 0 Å². The van der Waals surface area contributed by atoms with Gasteiger partial charge in [0.15, 0.2) is 10.9 Å². The van der Waals surface area contributed by atoms with Gasteiger partial charge in [-0.05, 0) is 19.1 Å². The lowest BCUT2D eigenvalue weighted by atomic mass is 10.1. The second kappa shape index (κ2) is 6.41. The molecule has 2 rings (SSSR count). The molecule has 20 heavy (non-hydrogen) atoms. The molecule has 1 amide bonds. The average Bonchev–Trinajstić information content (AvgIpc) is 2.86. The second-order valence-electron chi connectivity index (χ2n) is 4.45. The third-order valence-corrected chi connectivity index (χ3v) is 3.99. The van der Waals surface area contributed by atoms with Crippen LogP contribution in [-0.2, 0) is 4.79 Å². The number of thioether (sulfide) groups is 1. The minimum Gasteiger partial charge on any atom is -0.481 e. The number of nitrogens with zero attached hydrogens (tertiary/aromatic N) is 3. The van der Waals surface area contributed by atoms with Crippen molar-refractivity contribution in [1.82, 2.24) is 14.9 Å². The highest BCUT2D eigenvalue weighted by Gasteiger charge is 2.32. The van der Waals surface area contributed by atoms with E-state index in [4.69, 9.17) is 16.7 Å². The summed E-state index contributed by atoms with van der Waals surface area (Å²) >= 11 is 7.30. The number of aliphatic carboxylic acids is 1. The van der Waals surface area contributed by atoms with E-state index in [2.05, 4.69) is 9.97 Å². The van der Waals surface area contributed by atoms with Gasteiger partial charge in [-0.25, -0.2) is 9.97 Å². The topological polar surface area (TPSA) is 83.4 Å². The fourth-order valence-electron chi connectivity index (χ4n) is 2.25. The maximum Gasteiger partial charge on any atom is 0.305 e. The number of carbonyl (C=O) groups excluding carboxylic acids is 1. The van der Waals surface area contributed by atoms with Crippen LogP contribution in [0.5, 0.6) is 0 Å². The van der Waals surface area contributed by atoms with Gasteiger partial charge in [0, 0.05) is 12.6 Å². The van der Waals surface area contributed by atoms with Gasteiger partial charge in [-0.1, -0.05) is 23.4 Å². The minimum atomic E-state index is -0.909. The Kier molecular flexibility index (Phi) is 4.82. The molecule has 0 saturated carbocycles. The first-order valence-corrected chi connectivity index (χ1v) is 7.72. The molecule has 0 radical (unpaired) electrons. The molecule has 1 unspecified atom stereocenters. The van der Waals surface area contributed by atoms with Crippen molar-refractivity contribution in [2.45, 2.75) is 30.5 Å². The highest BCUT2D eigenvalue weighted by molar-refractivity contribution is 7.98. The van der Waals surface area contributed by atoms with Crippen molar-refractivity contribution < 1.29 is 14.7 Å². The number of hydrogen-bond donors (Lipinski definition) is 1. The first-order valence-electron chi connectivity index (χ1n) is 6.12. The number of hydrogen-bond acceptors (Lipinski definition) is 5. The van der Waals surface area contributed by atoms with E-state index in [1.165, 1.54) is 18.0 Å². The lowest BCUT2D eigenvalue weighted by Crippen LogP contribution is -2.37. The standard InChI is InChI=1S/C12H14ClN3O3S/c1-20-12-14-6-8(13)10(15-12)11(19)16-4-2-3-7(16)5-9(17)18/h6-7H,2-5H2,1H3,(H,17,18). The molecular formula is C12H14ClN3O3S. The highest BCUT2D eigenvalue weighted by Crippen LogP contribution is 2.25. The van der Waals surface area contributed by atoms with Crippen molar-refractivity contribution in [1.29, 1.82) is 0 Å². The van der Waals surface area contributed by atoms with Crippen LogP contribution in [0.25, 0.3) is 0 Å². The van der Waals surface area contributed by atoms with Crippen LogP contribution >= 0.6 is 23.4 Å². The molecule has 0 spiro atoms. The van der Waals surface area contributed by atoms with Crippen LogP contribution in [0.3, 0.4) is 0 Å². The van der Waals surface area contributed by atoms with Crippen LogP contribution in [0.2, 0.25) is 5.02 Å². The summed E-state index contributed by atoms with van der Waals surface area (Å²) in [5, 5.41) is 9.54. The van der Waals surface area contributed by atoms with E-state index in [-0.39, 0.29) is 29.1 Å². The summed E-state index contributed by atoms with van der Waals surface area (Å²) in [6, 6.07) is -0.288. The summed E-state index contributed by atoms with van der Waals surface area (Å²) in [6.07, 6.45) is 4.64. The number of halogens is 1. The Morgan fingerprint density at radius 3 is 3.00 bits per heavy atom. The Hall–Kier alpha value is -1.34. The maximum absolute atomic E-state index is 12.5. The van der Waals surface area contributed by atoms with Gasteiger partial charge in [0.1, 0.15) is 0 Å². The van der Waals surface area contributed by atoms with Crippen molar-refractivity contribution in [3.63, 3.8) is 0 Å². The number of carbonyl (C=O) groups is 2. The zero-order chi connectivity index (χ0) is 14.7. The molecule has 1 aromatic heterocycles. The number of amides is 1. The predicted octanol–water partition coefficient (Wildman–Crippen LogP) is 1.93. The molecular weight excluding hydrogens is 302 g/mol. The fraction of sp³-hybridized carbons (Fsp3) is 0.500. The highest BCUT2D eigenvalue weighted by atomic mass is 35.5. The minimum absolute atomic E-state index is 0.0518. The van der Waals surface area contributed by atoms with Gasteiger partial charge in [-0.15, -0.1) is 0 Å². The number of carboxylic acid groups (broad SMARTS) is 1. The Labute approximate surface area is 125 Å². The second-order valence-corrected chi connectivity index (χ2v) is 5.63. The van der Waals surface area contributed by atoms with Crippen LogP contribution in [-0.4, -0.2) is 50.7 Å². The third kappa shape index (κ3) is 3.21. The molecule has 1 saturated heterocycles. The molecule has 8 heteroatoms.